The fourth-order valence-corrected chi connectivity index (χ4v) is 6.69. The first kappa shape index (κ1) is 33.6. The van der Waals surface area contributed by atoms with Crippen LogP contribution in [0.15, 0.2) is 114 Å². The molecule has 3 rings (SSSR count). The minimum atomic E-state index is 0.351. The number of nitrogens with two attached hydrogens (primary N) is 2. The van der Waals surface area contributed by atoms with E-state index in [1.807, 2.05) is 6.08 Å². The molecule has 0 spiro atoms. The molecular weight excluding hydrogens is 510 g/mol. The van der Waals surface area contributed by atoms with Crippen molar-refractivity contribution in [2.75, 3.05) is 31.1 Å². The molecular formula is C39H57N3. The number of nitrogens with zero attached hydrogens (tertiary/aromatic N) is 1. The lowest BCUT2D eigenvalue weighted by molar-refractivity contribution is 0.459. The Hall–Kier alpha value is -2.88. The lowest BCUT2D eigenvalue weighted by Gasteiger charge is -2.37. The predicted octanol–water partition coefficient (Wildman–Crippen LogP) is 8.94. The molecule has 4 N–H and O–H groups in total. The SMILES string of the molecule is C=C(CC/C(=C\C)C1CN(c2ccccc2)CC(/C=C/C=C\CN)CCC(C)/C(C)=C2\C=CC=CC21)C(CN)CCC. The number of anilines is 1. The van der Waals surface area contributed by atoms with E-state index in [-0.39, 0.29) is 0 Å². The Morgan fingerprint density at radius 2 is 1.86 bits per heavy atom. The molecule has 2 aliphatic rings. The molecule has 1 aromatic carbocycles. The third-order valence-corrected chi connectivity index (χ3v) is 9.50. The Balaban J connectivity index is 2.05. The molecule has 0 saturated carbocycles. The standard InChI is InChI=1S/C39H57N3/c1-6-16-35(27-41)31(4)23-25-34(7-2)39-29-42(36-18-11-8-12-19-36)28-33(17-10-9-15-26-40)24-22-30(3)32(5)37-20-13-14-21-38(37)39/h7-15,17-21,30,33,35,38-39H,4,6,16,22-29,40-41H2,1-3,5H3/b15-9-,17-10+,34-7+,37-32+. The van der Waals surface area contributed by atoms with E-state index < -0.39 is 0 Å². The third kappa shape index (κ3) is 9.57. The highest BCUT2D eigenvalue weighted by atomic mass is 15.1. The number of fused-ring (bicyclic) bond motifs is 1. The summed E-state index contributed by atoms with van der Waals surface area (Å²) in [6, 6.07) is 11.0. The Kier molecular flexibility index (Phi) is 14.4. The van der Waals surface area contributed by atoms with Gasteiger partial charge in [0.15, 0.2) is 0 Å². The van der Waals surface area contributed by atoms with Crippen molar-refractivity contribution in [3.8, 4) is 0 Å². The van der Waals surface area contributed by atoms with Crippen LogP contribution < -0.4 is 16.4 Å². The lowest BCUT2D eigenvalue weighted by Crippen LogP contribution is -2.37. The van der Waals surface area contributed by atoms with Gasteiger partial charge < -0.3 is 16.4 Å². The lowest BCUT2D eigenvalue weighted by atomic mass is 9.74. The van der Waals surface area contributed by atoms with Gasteiger partial charge in [-0.2, -0.15) is 0 Å². The molecule has 5 atom stereocenters. The van der Waals surface area contributed by atoms with Crippen molar-refractivity contribution in [1.29, 1.82) is 0 Å². The molecule has 228 valence electrons. The number of para-hydroxylation sites is 1. The van der Waals surface area contributed by atoms with Crippen molar-refractivity contribution >= 4 is 5.69 Å². The molecule has 1 aromatic rings. The highest BCUT2D eigenvalue weighted by Gasteiger charge is 2.31. The van der Waals surface area contributed by atoms with Gasteiger partial charge in [-0.25, -0.2) is 0 Å². The molecule has 0 aromatic heterocycles. The number of allylic oxidation sites excluding steroid dienone is 9. The molecule has 0 saturated heterocycles. The van der Waals surface area contributed by atoms with E-state index in [4.69, 9.17) is 11.5 Å². The second-order valence-corrected chi connectivity index (χ2v) is 12.3. The summed E-state index contributed by atoms with van der Waals surface area (Å²) in [7, 11) is 0. The van der Waals surface area contributed by atoms with E-state index in [1.165, 1.54) is 34.4 Å². The summed E-state index contributed by atoms with van der Waals surface area (Å²) < 4.78 is 0. The number of hydrogen-bond acceptors (Lipinski definition) is 3. The minimum absolute atomic E-state index is 0.351. The second-order valence-electron chi connectivity index (χ2n) is 12.3. The highest BCUT2D eigenvalue weighted by molar-refractivity contribution is 5.48. The van der Waals surface area contributed by atoms with E-state index in [0.717, 1.165) is 45.2 Å². The normalized spacial score (nSPS) is 26.4. The Labute approximate surface area is 257 Å². The summed E-state index contributed by atoms with van der Waals surface area (Å²) >= 11 is 0. The van der Waals surface area contributed by atoms with Gasteiger partial charge in [0.1, 0.15) is 0 Å². The molecule has 3 heteroatoms. The molecule has 0 fully saturated rings. The van der Waals surface area contributed by atoms with Crippen LogP contribution >= 0.6 is 0 Å². The van der Waals surface area contributed by atoms with Gasteiger partial charge in [0.25, 0.3) is 0 Å². The topological polar surface area (TPSA) is 55.3 Å². The first-order chi connectivity index (χ1) is 20.4. The maximum Gasteiger partial charge on any atom is 0.0366 e. The Morgan fingerprint density at radius 1 is 1.07 bits per heavy atom. The van der Waals surface area contributed by atoms with Crippen LogP contribution in [0, 0.1) is 29.6 Å². The van der Waals surface area contributed by atoms with Crippen LogP contribution in [0.3, 0.4) is 0 Å². The van der Waals surface area contributed by atoms with Crippen molar-refractivity contribution in [3.63, 3.8) is 0 Å². The fraction of sp³-hybridized carbons (Fsp3) is 0.487. The van der Waals surface area contributed by atoms with Crippen molar-refractivity contribution < 1.29 is 0 Å². The quantitative estimate of drug-likeness (QED) is 0.196. The number of rotatable bonds is 12. The summed E-state index contributed by atoms with van der Waals surface area (Å²) in [6.45, 7) is 17.0. The Bertz CT molecular complexity index is 1150. The Morgan fingerprint density at radius 3 is 2.55 bits per heavy atom. The van der Waals surface area contributed by atoms with Crippen LogP contribution in [0.5, 0.6) is 0 Å². The van der Waals surface area contributed by atoms with Crippen LogP contribution in [0.2, 0.25) is 0 Å². The summed E-state index contributed by atoms with van der Waals surface area (Å²) in [5.41, 5.74) is 19.1. The van der Waals surface area contributed by atoms with Crippen LogP contribution in [0.1, 0.15) is 66.2 Å². The second kappa shape index (κ2) is 17.9. The van der Waals surface area contributed by atoms with E-state index in [2.05, 4.69) is 118 Å². The fourth-order valence-electron chi connectivity index (χ4n) is 6.69. The van der Waals surface area contributed by atoms with Crippen LogP contribution in [0.25, 0.3) is 0 Å². The van der Waals surface area contributed by atoms with Gasteiger partial charge in [0, 0.05) is 37.2 Å². The zero-order valence-electron chi connectivity index (χ0n) is 26.8. The van der Waals surface area contributed by atoms with Crippen LogP contribution in [0.4, 0.5) is 5.69 Å². The molecule has 0 bridgehead atoms. The first-order valence-corrected chi connectivity index (χ1v) is 16.3. The predicted molar refractivity (Wildman–Crippen MR) is 185 cm³/mol. The molecule has 42 heavy (non-hydrogen) atoms. The van der Waals surface area contributed by atoms with Crippen LogP contribution in [-0.2, 0) is 0 Å². The molecule has 5 unspecified atom stereocenters. The van der Waals surface area contributed by atoms with Gasteiger partial charge in [0.2, 0.25) is 0 Å². The van der Waals surface area contributed by atoms with Crippen LogP contribution in [-0.4, -0.2) is 26.2 Å². The minimum Gasteiger partial charge on any atom is -0.370 e. The van der Waals surface area contributed by atoms with Crippen molar-refractivity contribution in [3.05, 3.63) is 114 Å². The number of hydrogen-bond donors (Lipinski definition) is 2. The van der Waals surface area contributed by atoms with Gasteiger partial charge in [-0.3, -0.25) is 0 Å². The summed E-state index contributed by atoms with van der Waals surface area (Å²) in [4.78, 5) is 2.65. The average Bonchev–Trinajstić information content (AvgIpc) is 3.04. The molecule has 1 aliphatic heterocycles. The third-order valence-electron chi connectivity index (χ3n) is 9.50. The van der Waals surface area contributed by atoms with Crippen molar-refractivity contribution in [1.82, 2.24) is 0 Å². The first-order valence-electron chi connectivity index (χ1n) is 16.3. The molecule has 0 radical (unpaired) electrons. The zero-order valence-corrected chi connectivity index (χ0v) is 26.8. The van der Waals surface area contributed by atoms with Gasteiger partial charge in [-0.15, -0.1) is 0 Å². The van der Waals surface area contributed by atoms with Gasteiger partial charge in [-0.05, 0) is 88.0 Å². The van der Waals surface area contributed by atoms with E-state index in [1.54, 1.807) is 0 Å². The molecule has 0 amide bonds. The van der Waals surface area contributed by atoms with E-state index in [0.29, 0.717) is 42.7 Å². The van der Waals surface area contributed by atoms with Gasteiger partial charge in [0.05, 0.1) is 0 Å². The zero-order chi connectivity index (χ0) is 30.3. The summed E-state index contributed by atoms with van der Waals surface area (Å²) in [5, 5.41) is 0. The number of benzene rings is 1. The average molecular weight is 568 g/mol. The van der Waals surface area contributed by atoms with Gasteiger partial charge in [-0.1, -0.05) is 116 Å². The maximum absolute atomic E-state index is 6.17. The monoisotopic (exact) mass is 567 g/mol. The smallest absolute Gasteiger partial charge is 0.0366 e. The molecule has 1 heterocycles. The largest absolute Gasteiger partial charge is 0.370 e. The van der Waals surface area contributed by atoms with E-state index in [9.17, 15) is 0 Å². The molecule has 3 nitrogen and oxygen atoms in total. The van der Waals surface area contributed by atoms with Crippen molar-refractivity contribution in [2.24, 2.45) is 41.1 Å². The van der Waals surface area contributed by atoms with Gasteiger partial charge >= 0.3 is 0 Å². The summed E-state index contributed by atoms with van der Waals surface area (Å²) in [5.74, 6) is 2.12. The highest BCUT2D eigenvalue weighted by Crippen LogP contribution is 2.40. The maximum atomic E-state index is 6.17. The summed E-state index contributed by atoms with van der Waals surface area (Å²) in [6.07, 6.45) is 27.1. The van der Waals surface area contributed by atoms with Crippen molar-refractivity contribution in [2.45, 2.75) is 66.2 Å². The molecule has 1 aliphatic carbocycles. The van der Waals surface area contributed by atoms with E-state index >= 15 is 0 Å².